The highest BCUT2D eigenvalue weighted by Crippen LogP contribution is 2.21. The number of hydrogen-bond donors (Lipinski definition) is 1. The third-order valence-electron chi connectivity index (χ3n) is 4.55. The van der Waals surface area contributed by atoms with E-state index in [1.807, 2.05) is 5.38 Å². The zero-order valence-electron chi connectivity index (χ0n) is 13.6. The van der Waals surface area contributed by atoms with E-state index in [1.54, 1.807) is 11.3 Å². The molecule has 2 aromatic rings. The Balaban J connectivity index is 1.29. The summed E-state index contributed by atoms with van der Waals surface area (Å²) in [5.74, 6) is -0.0195. The zero-order chi connectivity index (χ0) is 16.4. The first-order valence-corrected chi connectivity index (χ1v) is 9.43. The van der Waals surface area contributed by atoms with Gasteiger partial charge in [-0.1, -0.05) is 18.2 Å². The predicted molar refractivity (Wildman–Crippen MR) is 96.5 cm³/mol. The van der Waals surface area contributed by atoms with Crippen molar-refractivity contribution in [3.8, 4) is 0 Å². The third-order valence-corrected chi connectivity index (χ3v) is 5.38. The lowest BCUT2D eigenvalue weighted by molar-refractivity contribution is 0.0946. The van der Waals surface area contributed by atoms with Gasteiger partial charge in [-0.2, -0.15) is 0 Å². The molecule has 4 rings (SSSR count). The minimum Gasteiger partial charge on any atom is -0.369 e. The summed E-state index contributed by atoms with van der Waals surface area (Å²) in [6.45, 7) is 4.95. The molecule has 1 aromatic carbocycles. The van der Waals surface area contributed by atoms with Crippen molar-refractivity contribution in [3.63, 3.8) is 0 Å². The summed E-state index contributed by atoms with van der Waals surface area (Å²) in [6.07, 6.45) is 2.21. The van der Waals surface area contributed by atoms with Crippen LogP contribution in [0.25, 0.3) is 0 Å². The summed E-state index contributed by atoms with van der Waals surface area (Å²) in [5, 5.41) is 5.91. The number of nitrogens with one attached hydrogen (secondary N) is 1. The highest BCUT2D eigenvalue weighted by molar-refractivity contribution is 7.09. The van der Waals surface area contributed by atoms with E-state index in [1.165, 1.54) is 5.69 Å². The molecule has 1 aliphatic heterocycles. The number of piperazine rings is 1. The Hall–Kier alpha value is -1.92. The van der Waals surface area contributed by atoms with Crippen LogP contribution in [0.4, 0.5) is 5.69 Å². The Kier molecular flexibility index (Phi) is 4.49. The van der Waals surface area contributed by atoms with Gasteiger partial charge in [0, 0.05) is 43.3 Å². The van der Waals surface area contributed by atoms with Gasteiger partial charge >= 0.3 is 0 Å². The molecule has 1 N–H and O–H groups in total. The van der Waals surface area contributed by atoms with Crippen molar-refractivity contribution < 1.29 is 4.79 Å². The van der Waals surface area contributed by atoms with Gasteiger partial charge in [-0.25, -0.2) is 4.98 Å². The Morgan fingerprint density at radius 3 is 2.62 bits per heavy atom. The lowest BCUT2D eigenvalue weighted by Crippen LogP contribution is -2.45. The Morgan fingerprint density at radius 2 is 1.92 bits per heavy atom. The van der Waals surface area contributed by atoms with E-state index in [2.05, 4.69) is 50.4 Å². The number of anilines is 1. The summed E-state index contributed by atoms with van der Waals surface area (Å²) in [4.78, 5) is 21.4. The maximum Gasteiger partial charge on any atom is 0.270 e. The van der Waals surface area contributed by atoms with Crippen molar-refractivity contribution in [2.45, 2.75) is 25.4 Å². The highest BCUT2D eigenvalue weighted by Gasteiger charge is 2.25. The van der Waals surface area contributed by atoms with Crippen LogP contribution in [0, 0.1) is 0 Å². The van der Waals surface area contributed by atoms with Crippen LogP contribution in [0.1, 0.15) is 28.3 Å². The smallest absolute Gasteiger partial charge is 0.270 e. The quantitative estimate of drug-likeness (QED) is 0.906. The molecule has 5 nitrogen and oxygen atoms in total. The number of thiazole rings is 1. The largest absolute Gasteiger partial charge is 0.369 e. The molecule has 1 aliphatic carbocycles. The first-order chi connectivity index (χ1) is 11.8. The van der Waals surface area contributed by atoms with E-state index >= 15 is 0 Å². The van der Waals surface area contributed by atoms with Crippen molar-refractivity contribution in [1.82, 2.24) is 15.2 Å². The van der Waals surface area contributed by atoms with E-state index in [0.717, 1.165) is 50.6 Å². The molecule has 2 fully saturated rings. The van der Waals surface area contributed by atoms with Crippen molar-refractivity contribution in [2.24, 2.45) is 0 Å². The molecule has 1 saturated heterocycles. The monoisotopic (exact) mass is 342 g/mol. The molecule has 2 heterocycles. The molecule has 0 atom stereocenters. The summed E-state index contributed by atoms with van der Waals surface area (Å²) < 4.78 is 0. The van der Waals surface area contributed by atoms with Crippen molar-refractivity contribution in [3.05, 3.63) is 46.4 Å². The first-order valence-electron chi connectivity index (χ1n) is 8.55. The molecular formula is C18H22N4OS. The summed E-state index contributed by atoms with van der Waals surface area (Å²) >= 11 is 1.59. The molecule has 1 saturated carbocycles. The van der Waals surface area contributed by atoms with Crippen molar-refractivity contribution in [2.75, 3.05) is 31.1 Å². The number of amides is 1. The SMILES string of the molecule is O=C(NC1CC1)c1csc(CN2CCN(c3ccccc3)CC2)n1. The number of aromatic nitrogens is 1. The van der Waals surface area contributed by atoms with E-state index in [0.29, 0.717) is 11.7 Å². The van der Waals surface area contributed by atoms with Crippen LogP contribution in [0.3, 0.4) is 0 Å². The number of para-hydroxylation sites is 1. The van der Waals surface area contributed by atoms with Crippen LogP contribution in [0.2, 0.25) is 0 Å². The molecule has 1 amide bonds. The molecular weight excluding hydrogens is 320 g/mol. The number of nitrogens with zero attached hydrogens (tertiary/aromatic N) is 3. The molecule has 126 valence electrons. The van der Waals surface area contributed by atoms with Gasteiger partial charge < -0.3 is 10.2 Å². The van der Waals surface area contributed by atoms with E-state index < -0.39 is 0 Å². The van der Waals surface area contributed by atoms with E-state index in [4.69, 9.17) is 0 Å². The summed E-state index contributed by atoms with van der Waals surface area (Å²) in [5.41, 5.74) is 1.87. The number of hydrogen-bond acceptors (Lipinski definition) is 5. The summed E-state index contributed by atoms with van der Waals surface area (Å²) in [6, 6.07) is 11.0. The predicted octanol–water partition coefficient (Wildman–Crippen LogP) is 2.36. The molecule has 0 unspecified atom stereocenters. The van der Waals surface area contributed by atoms with Crippen LogP contribution in [0.15, 0.2) is 35.7 Å². The number of carbonyl (C=O) groups excluding carboxylic acids is 1. The van der Waals surface area contributed by atoms with Gasteiger partial charge in [0.2, 0.25) is 0 Å². The van der Waals surface area contributed by atoms with Crippen LogP contribution in [0.5, 0.6) is 0 Å². The van der Waals surface area contributed by atoms with Gasteiger partial charge in [0.25, 0.3) is 5.91 Å². The fourth-order valence-corrected chi connectivity index (χ4v) is 3.78. The minimum absolute atomic E-state index is 0.0195. The topological polar surface area (TPSA) is 48.5 Å². The average Bonchev–Trinajstić information content (AvgIpc) is 3.31. The van der Waals surface area contributed by atoms with Crippen LogP contribution >= 0.6 is 11.3 Å². The van der Waals surface area contributed by atoms with E-state index in [-0.39, 0.29) is 5.91 Å². The molecule has 2 aliphatic rings. The molecule has 0 bridgehead atoms. The van der Waals surface area contributed by atoms with Gasteiger partial charge in [0.05, 0.1) is 6.54 Å². The fourth-order valence-electron chi connectivity index (χ4n) is 2.97. The highest BCUT2D eigenvalue weighted by atomic mass is 32.1. The second-order valence-corrected chi connectivity index (χ2v) is 7.42. The lowest BCUT2D eigenvalue weighted by atomic mass is 10.2. The number of carbonyl (C=O) groups is 1. The minimum atomic E-state index is -0.0195. The Bertz CT molecular complexity index is 690. The Labute approximate surface area is 146 Å². The number of rotatable bonds is 5. The van der Waals surface area contributed by atoms with Crippen molar-refractivity contribution in [1.29, 1.82) is 0 Å². The molecule has 1 aromatic heterocycles. The lowest BCUT2D eigenvalue weighted by Gasteiger charge is -2.35. The maximum absolute atomic E-state index is 12.0. The van der Waals surface area contributed by atoms with E-state index in [9.17, 15) is 4.79 Å². The Morgan fingerprint density at radius 1 is 1.17 bits per heavy atom. The van der Waals surface area contributed by atoms with Gasteiger partial charge in [0.15, 0.2) is 0 Å². The molecule has 0 radical (unpaired) electrons. The van der Waals surface area contributed by atoms with Crippen molar-refractivity contribution >= 4 is 22.9 Å². The molecule has 6 heteroatoms. The summed E-state index contributed by atoms with van der Waals surface area (Å²) in [7, 11) is 0. The average molecular weight is 342 g/mol. The van der Waals surface area contributed by atoms with Crippen LogP contribution < -0.4 is 10.2 Å². The molecule has 24 heavy (non-hydrogen) atoms. The third kappa shape index (κ3) is 3.76. The van der Waals surface area contributed by atoms with Gasteiger partial charge in [-0.05, 0) is 25.0 Å². The normalized spacial score (nSPS) is 18.6. The van der Waals surface area contributed by atoms with Crippen LogP contribution in [-0.2, 0) is 6.54 Å². The second-order valence-electron chi connectivity index (χ2n) is 6.47. The van der Waals surface area contributed by atoms with Crippen LogP contribution in [-0.4, -0.2) is 48.0 Å². The van der Waals surface area contributed by atoms with Gasteiger partial charge in [0.1, 0.15) is 10.7 Å². The molecule has 0 spiro atoms. The number of benzene rings is 1. The van der Waals surface area contributed by atoms with Gasteiger partial charge in [-0.3, -0.25) is 9.69 Å². The zero-order valence-corrected chi connectivity index (χ0v) is 14.5. The second kappa shape index (κ2) is 6.91. The van der Waals surface area contributed by atoms with Gasteiger partial charge in [-0.15, -0.1) is 11.3 Å². The standard InChI is InChI=1S/C18H22N4OS/c23-18(19-14-6-7-14)16-13-24-17(20-16)12-21-8-10-22(11-9-21)15-4-2-1-3-5-15/h1-5,13-14H,6-12H2,(H,19,23). The fraction of sp³-hybridized carbons (Fsp3) is 0.444. The first kappa shape index (κ1) is 15.6. The maximum atomic E-state index is 12.0.